The zero-order chi connectivity index (χ0) is 41.5. The highest BCUT2D eigenvalue weighted by Crippen LogP contribution is 2.64. The number of rotatable bonds is 21. The van der Waals surface area contributed by atoms with Gasteiger partial charge < -0.3 is 0 Å². The molecular weight excluding hydrogens is 778 g/mol. The minimum Gasteiger partial charge on any atom is -0.0652 e. The summed E-state index contributed by atoms with van der Waals surface area (Å²) < 4.78 is 0. The van der Waals surface area contributed by atoms with Gasteiger partial charge in [0.15, 0.2) is 0 Å². The maximum Gasteiger partial charge on any atom is 0.0995 e. The quantitative estimate of drug-likeness (QED) is 0.0632. The number of hydrogen-bond donors (Lipinski definition) is 0. The van der Waals surface area contributed by atoms with Gasteiger partial charge >= 0.3 is 0 Å². The molecule has 0 aliphatic carbocycles. The largest absolute Gasteiger partial charge is 0.0995 e. The smallest absolute Gasteiger partial charge is 0.0652 e. The third-order valence-electron chi connectivity index (χ3n) is 12.7. The van der Waals surface area contributed by atoms with Crippen molar-refractivity contribution < 1.29 is 0 Å². The molecule has 0 aromatic heterocycles. The second kappa shape index (κ2) is 21.6. The molecule has 0 saturated carbocycles. The fraction of sp³-hybridized carbons (Fsp3) is 0.263. The minimum atomic E-state index is -1.83. The summed E-state index contributed by atoms with van der Waals surface area (Å²) in [6.45, 7) is 7.09. The molecule has 0 heterocycles. The Morgan fingerprint density at radius 2 is 0.450 bits per heavy atom. The van der Waals surface area contributed by atoms with E-state index in [-0.39, 0.29) is 0 Å². The topological polar surface area (TPSA) is 0 Å². The van der Waals surface area contributed by atoms with Gasteiger partial charge in [-0.1, -0.05) is 149 Å². The second-order valence-electron chi connectivity index (χ2n) is 16.8. The zero-order valence-corrected chi connectivity index (χ0v) is 39.1. The average molecular weight is 844 g/mol. The van der Waals surface area contributed by atoms with Crippen LogP contribution in [0.5, 0.6) is 0 Å². The molecule has 7 rings (SSSR count). The van der Waals surface area contributed by atoms with Crippen LogP contribution in [0.25, 0.3) is 0 Å². The second-order valence-corrected chi connectivity index (χ2v) is 28.0. The molecule has 0 bridgehead atoms. The molecule has 0 amide bonds. The first-order valence-electron chi connectivity index (χ1n) is 22.6. The molecule has 0 aliphatic rings. The highest BCUT2D eigenvalue weighted by atomic mass is 31.2. The van der Waals surface area contributed by atoms with Crippen molar-refractivity contribution in [1.29, 1.82) is 0 Å². The molecule has 0 saturated heterocycles. The third-order valence-corrected chi connectivity index (χ3v) is 26.3. The van der Waals surface area contributed by atoms with Gasteiger partial charge in [-0.2, -0.15) is 0 Å². The molecule has 0 radical (unpaired) electrons. The molecule has 0 atom stereocenters. The molecule has 306 valence electrons. The fourth-order valence-corrected chi connectivity index (χ4v) is 23.1. The van der Waals surface area contributed by atoms with E-state index in [4.69, 9.17) is 0 Å². The first-order valence-corrected chi connectivity index (χ1v) is 29.1. The van der Waals surface area contributed by atoms with E-state index in [1.165, 1.54) is 106 Å². The van der Waals surface area contributed by atoms with Gasteiger partial charge in [0.2, 0.25) is 0 Å². The molecule has 0 spiro atoms. The van der Waals surface area contributed by atoms with Crippen molar-refractivity contribution in [3.05, 3.63) is 217 Å². The van der Waals surface area contributed by atoms with Crippen molar-refractivity contribution in [2.75, 3.05) is 18.5 Å². The van der Waals surface area contributed by atoms with Crippen LogP contribution in [-0.2, 0) is 18.5 Å². The Hall–Kier alpha value is -4.17. The maximum atomic E-state index is 2.68. The Kier molecular flexibility index (Phi) is 15.8. The van der Waals surface area contributed by atoms with Gasteiger partial charge in [0.1, 0.15) is 0 Å². The Morgan fingerprint density at radius 1 is 0.267 bits per heavy atom. The molecule has 0 fully saturated rings. The summed E-state index contributed by atoms with van der Waals surface area (Å²) in [4.78, 5) is 0. The van der Waals surface area contributed by atoms with E-state index in [0.29, 0.717) is 0 Å². The van der Waals surface area contributed by atoms with E-state index in [9.17, 15) is 0 Å². The maximum absolute atomic E-state index is 2.68. The Balaban J connectivity index is 1.47. The molecule has 3 heteroatoms. The van der Waals surface area contributed by atoms with Crippen LogP contribution in [-0.4, -0.2) is 18.5 Å². The van der Waals surface area contributed by atoms with Gasteiger partial charge in [0.25, 0.3) is 0 Å². The standard InChI is InChI=1S/C57H66P3/c1-4-7-40-58(52-28-16-10-17-29-52,53-30-18-11-19-31-53)46-49-43-50(47-59(41-8-5-2,54-32-20-12-21-33-54)55-34-22-13-23-35-55)45-51(44-49)48-60(42-9-6-3,56-36-24-14-25-37-56)57-38-26-15-27-39-57/h10-39,43-45H,4-9,40-42,46-48H2,1-3H3/q+3. The van der Waals surface area contributed by atoms with Crippen molar-refractivity contribution >= 4 is 53.6 Å². The third kappa shape index (κ3) is 10.1. The van der Waals surface area contributed by atoms with E-state index in [2.05, 4.69) is 221 Å². The van der Waals surface area contributed by atoms with Crippen molar-refractivity contribution in [3.8, 4) is 0 Å². The van der Waals surface area contributed by atoms with E-state index in [1.807, 2.05) is 0 Å². The van der Waals surface area contributed by atoms with E-state index >= 15 is 0 Å². The summed E-state index contributed by atoms with van der Waals surface area (Å²) in [5, 5.41) is 9.21. The molecule has 0 N–H and O–H groups in total. The zero-order valence-electron chi connectivity index (χ0n) is 36.4. The van der Waals surface area contributed by atoms with Gasteiger partial charge in [-0.05, 0) is 127 Å². The molecule has 0 aliphatic heterocycles. The van der Waals surface area contributed by atoms with Crippen LogP contribution in [0.2, 0.25) is 0 Å². The highest BCUT2D eigenvalue weighted by molar-refractivity contribution is 7.89. The van der Waals surface area contributed by atoms with Crippen LogP contribution in [0.15, 0.2) is 200 Å². The summed E-state index contributed by atoms with van der Waals surface area (Å²) in [6.07, 6.45) is 14.2. The fourth-order valence-electron chi connectivity index (χ4n) is 9.62. The first-order chi connectivity index (χ1) is 29.5. The molecule has 0 unspecified atom stereocenters. The van der Waals surface area contributed by atoms with Crippen LogP contribution in [0.1, 0.15) is 76.0 Å². The lowest BCUT2D eigenvalue weighted by Gasteiger charge is -2.31. The monoisotopic (exact) mass is 843 g/mol. The van der Waals surface area contributed by atoms with Gasteiger partial charge in [-0.15, -0.1) is 0 Å². The summed E-state index contributed by atoms with van der Waals surface area (Å²) in [7, 11) is -5.49. The Bertz CT molecular complexity index is 1900. The predicted octanol–water partition coefficient (Wildman–Crippen LogP) is 13.6. The SMILES string of the molecule is CCCC[P+](Cc1cc(C[P+](CCCC)(c2ccccc2)c2ccccc2)cc(C[P+](CCCC)(c2ccccc2)c2ccccc2)c1)(c1ccccc1)c1ccccc1. The van der Waals surface area contributed by atoms with Crippen LogP contribution < -0.4 is 31.8 Å². The summed E-state index contributed by atoms with van der Waals surface area (Å²) in [6, 6.07) is 77.9. The summed E-state index contributed by atoms with van der Waals surface area (Å²) >= 11 is 0. The lowest BCUT2D eigenvalue weighted by atomic mass is 10.1. The Labute approximate surface area is 365 Å². The van der Waals surface area contributed by atoms with Gasteiger partial charge in [-0.25, -0.2) is 0 Å². The van der Waals surface area contributed by atoms with E-state index in [1.54, 1.807) is 0 Å². The lowest BCUT2D eigenvalue weighted by Crippen LogP contribution is -2.28. The molecular formula is C57H66P3+3. The van der Waals surface area contributed by atoms with Crippen LogP contribution >= 0.6 is 21.8 Å². The highest BCUT2D eigenvalue weighted by Gasteiger charge is 2.46. The lowest BCUT2D eigenvalue weighted by molar-refractivity contribution is 0.887. The first kappa shape index (κ1) is 43.9. The summed E-state index contributed by atoms with van der Waals surface area (Å²) in [5.41, 5.74) is 4.55. The van der Waals surface area contributed by atoms with Gasteiger partial charge in [-0.3, -0.25) is 0 Å². The van der Waals surface area contributed by atoms with Crippen LogP contribution in [0.4, 0.5) is 0 Å². The molecule has 0 nitrogen and oxygen atoms in total. The van der Waals surface area contributed by atoms with Crippen molar-refractivity contribution in [3.63, 3.8) is 0 Å². The van der Waals surface area contributed by atoms with E-state index in [0.717, 1.165) is 18.5 Å². The molecule has 60 heavy (non-hydrogen) atoms. The Morgan fingerprint density at radius 3 is 0.617 bits per heavy atom. The van der Waals surface area contributed by atoms with E-state index < -0.39 is 21.8 Å². The summed E-state index contributed by atoms with van der Waals surface area (Å²) in [5.74, 6) is 0. The normalized spacial score (nSPS) is 12.1. The minimum absolute atomic E-state index is 1.08. The van der Waals surface area contributed by atoms with Gasteiger partial charge in [0.05, 0.1) is 90.6 Å². The average Bonchev–Trinajstić information content (AvgIpc) is 3.32. The van der Waals surface area contributed by atoms with Crippen molar-refractivity contribution in [2.24, 2.45) is 0 Å². The van der Waals surface area contributed by atoms with Gasteiger partial charge in [0, 0.05) is 0 Å². The van der Waals surface area contributed by atoms with Crippen molar-refractivity contribution in [2.45, 2.75) is 77.8 Å². The number of benzene rings is 7. The number of unbranched alkanes of at least 4 members (excludes halogenated alkanes) is 3. The molecule has 7 aromatic rings. The van der Waals surface area contributed by atoms with Crippen LogP contribution in [0, 0.1) is 0 Å². The predicted molar refractivity (Wildman–Crippen MR) is 274 cm³/mol. The number of hydrogen-bond acceptors (Lipinski definition) is 0. The molecule has 7 aromatic carbocycles. The van der Waals surface area contributed by atoms with Crippen molar-refractivity contribution in [1.82, 2.24) is 0 Å². The van der Waals surface area contributed by atoms with Crippen LogP contribution in [0.3, 0.4) is 0 Å².